The van der Waals surface area contributed by atoms with Gasteiger partial charge in [0, 0.05) is 11.8 Å². The molecule has 0 aromatic carbocycles. The van der Waals surface area contributed by atoms with Gasteiger partial charge in [-0.3, -0.25) is 0 Å². The summed E-state index contributed by atoms with van der Waals surface area (Å²) in [6.07, 6.45) is 6.48. The first-order valence-corrected chi connectivity index (χ1v) is 4.67. The van der Waals surface area contributed by atoms with Gasteiger partial charge in [0.1, 0.15) is 17.7 Å². The summed E-state index contributed by atoms with van der Waals surface area (Å²) >= 11 is 1.42. The van der Waals surface area contributed by atoms with Crippen LogP contribution in [0.3, 0.4) is 0 Å². The highest BCUT2D eigenvalue weighted by Crippen LogP contribution is 2.27. The van der Waals surface area contributed by atoms with Crippen molar-refractivity contribution in [3.63, 3.8) is 0 Å². The van der Waals surface area contributed by atoms with Crippen LogP contribution in [0.1, 0.15) is 5.56 Å². The van der Waals surface area contributed by atoms with Crippen LogP contribution >= 0.6 is 11.8 Å². The summed E-state index contributed by atoms with van der Waals surface area (Å²) in [6, 6.07) is 0. The molecule has 7 heteroatoms. The second kappa shape index (κ2) is 2.88. The number of rotatable bonds is 0. The van der Waals surface area contributed by atoms with E-state index in [2.05, 4.69) is 25.3 Å². The van der Waals surface area contributed by atoms with Crippen molar-refractivity contribution in [3.8, 4) is 0 Å². The topological polar surface area (TPSA) is 68.8 Å². The highest BCUT2D eigenvalue weighted by Gasteiger charge is 2.13. The van der Waals surface area contributed by atoms with E-state index < -0.39 is 0 Å². The molecule has 14 heavy (non-hydrogen) atoms. The van der Waals surface area contributed by atoms with E-state index in [4.69, 9.17) is 0 Å². The van der Waals surface area contributed by atoms with Crippen LogP contribution in [0.25, 0.3) is 0 Å². The van der Waals surface area contributed by atoms with E-state index in [-0.39, 0.29) is 0 Å². The van der Waals surface area contributed by atoms with Gasteiger partial charge in [-0.2, -0.15) is 9.78 Å². The van der Waals surface area contributed by atoms with Crippen LogP contribution in [-0.2, 0) is 0 Å². The summed E-state index contributed by atoms with van der Waals surface area (Å²) in [7, 11) is 0. The quantitative estimate of drug-likeness (QED) is 0.496. The Hall–Kier alpha value is -1.76. The molecule has 3 rings (SSSR count). The van der Waals surface area contributed by atoms with Crippen molar-refractivity contribution < 1.29 is 0 Å². The van der Waals surface area contributed by atoms with Crippen molar-refractivity contribution in [2.45, 2.75) is 10.2 Å². The lowest BCUT2D eigenvalue weighted by Gasteiger charge is -1.96. The average molecular weight is 204 g/mol. The van der Waals surface area contributed by atoms with Gasteiger partial charge in [-0.15, -0.1) is 10.2 Å². The van der Waals surface area contributed by atoms with E-state index in [0.29, 0.717) is 5.16 Å². The van der Waals surface area contributed by atoms with Gasteiger partial charge < -0.3 is 0 Å². The van der Waals surface area contributed by atoms with Gasteiger partial charge in [-0.25, -0.2) is 9.97 Å². The fourth-order valence-electron chi connectivity index (χ4n) is 1.08. The molecule has 0 amide bonds. The van der Waals surface area contributed by atoms with Gasteiger partial charge in [0.15, 0.2) is 0 Å². The maximum absolute atomic E-state index is 4.15. The lowest BCUT2D eigenvalue weighted by Crippen LogP contribution is -1.89. The summed E-state index contributed by atoms with van der Waals surface area (Å²) in [6.45, 7) is 0. The number of aromatic nitrogens is 5. The fraction of sp³-hybridized carbons (Fsp3) is 0. The Morgan fingerprint density at radius 1 is 1.36 bits per heavy atom. The Morgan fingerprint density at radius 3 is 3.36 bits per heavy atom. The third-order valence-electron chi connectivity index (χ3n) is 1.71. The van der Waals surface area contributed by atoms with Crippen molar-refractivity contribution in [1.29, 1.82) is 0 Å². The second-order valence-corrected chi connectivity index (χ2v) is 3.54. The summed E-state index contributed by atoms with van der Waals surface area (Å²) in [4.78, 5) is 8.06. The monoisotopic (exact) mass is 204 g/mol. The van der Waals surface area contributed by atoms with Gasteiger partial charge >= 0.3 is 0 Å². The molecule has 0 unspecified atom stereocenters. The molecule has 0 radical (unpaired) electrons. The molecule has 68 valence electrons. The first-order chi connectivity index (χ1) is 6.93. The highest BCUT2D eigenvalue weighted by atomic mass is 32.2. The van der Waals surface area contributed by atoms with Crippen molar-refractivity contribution in [2.24, 2.45) is 5.10 Å². The first kappa shape index (κ1) is 7.63. The van der Waals surface area contributed by atoms with Crippen LogP contribution in [-0.4, -0.2) is 31.1 Å². The summed E-state index contributed by atoms with van der Waals surface area (Å²) in [5.74, 6) is 0. The molecule has 0 spiro atoms. The average Bonchev–Trinajstić information content (AvgIpc) is 2.58. The van der Waals surface area contributed by atoms with E-state index >= 15 is 0 Å². The summed E-state index contributed by atoms with van der Waals surface area (Å²) < 4.78 is 1.60. The summed E-state index contributed by atoms with van der Waals surface area (Å²) in [5, 5.41) is 13.4. The van der Waals surface area contributed by atoms with Gasteiger partial charge in [0.05, 0.1) is 6.21 Å². The number of hydrogen-bond acceptors (Lipinski definition) is 6. The van der Waals surface area contributed by atoms with E-state index in [0.717, 1.165) is 10.6 Å². The largest absolute Gasteiger partial charge is 0.244 e. The van der Waals surface area contributed by atoms with E-state index in [1.54, 1.807) is 23.4 Å². The van der Waals surface area contributed by atoms with Crippen LogP contribution < -0.4 is 0 Å². The van der Waals surface area contributed by atoms with Gasteiger partial charge in [-0.05, 0) is 11.8 Å². The molecule has 0 aliphatic carbocycles. The molecule has 2 aromatic rings. The third kappa shape index (κ3) is 1.10. The van der Waals surface area contributed by atoms with Crippen LogP contribution in [0, 0.1) is 0 Å². The Labute approximate surface area is 83.1 Å². The molecule has 1 aliphatic heterocycles. The van der Waals surface area contributed by atoms with E-state index in [1.807, 2.05) is 0 Å². The molecule has 0 saturated heterocycles. The smallest absolute Gasteiger partial charge is 0.218 e. The van der Waals surface area contributed by atoms with E-state index in [9.17, 15) is 0 Å². The Kier molecular flexibility index (Phi) is 1.57. The van der Waals surface area contributed by atoms with Gasteiger partial charge in [-0.1, -0.05) is 0 Å². The van der Waals surface area contributed by atoms with Crippen LogP contribution in [0.4, 0.5) is 0 Å². The Balaban J connectivity index is 2.19. The molecule has 0 N–H and O–H groups in total. The molecule has 1 aliphatic rings. The predicted molar refractivity (Wildman–Crippen MR) is 49.2 cm³/mol. The number of nitrogens with zero attached hydrogens (tertiary/aromatic N) is 6. The maximum Gasteiger partial charge on any atom is 0.218 e. The molecular formula is C7H4N6S. The lowest BCUT2D eigenvalue weighted by atomic mass is 10.4. The Bertz CT molecular complexity index is 504. The molecule has 6 nitrogen and oxygen atoms in total. The van der Waals surface area contributed by atoms with Gasteiger partial charge in [0.25, 0.3) is 0 Å². The molecule has 0 fully saturated rings. The normalized spacial score (nSPS) is 13.1. The van der Waals surface area contributed by atoms with Crippen molar-refractivity contribution in [1.82, 2.24) is 24.8 Å². The van der Waals surface area contributed by atoms with Crippen molar-refractivity contribution in [3.05, 3.63) is 24.4 Å². The second-order valence-electron chi connectivity index (χ2n) is 2.59. The Morgan fingerprint density at radius 2 is 2.36 bits per heavy atom. The molecule has 0 bridgehead atoms. The van der Waals surface area contributed by atoms with Crippen LogP contribution in [0.2, 0.25) is 0 Å². The molecular weight excluding hydrogens is 200 g/mol. The maximum atomic E-state index is 4.15. The number of fused-ring (bicyclic) bond motifs is 2. The minimum atomic E-state index is 0.707. The first-order valence-electron chi connectivity index (χ1n) is 3.86. The summed E-state index contributed by atoms with van der Waals surface area (Å²) in [5.41, 5.74) is 0.892. The van der Waals surface area contributed by atoms with Crippen molar-refractivity contribution >= 4 is 18.0 Å². The van der Waals surface area contributed by atoms with Crippen molar-refractivity contribution in [2.75, 3.05) is 0 Å². The SMILES string of the molecule is C1=Nn2cnnc2Sc2ncncc21. The molecule has 3 heterocycles. The predicted octanol–water partition coefficient (Wildman–Crippen LogP) is 0.415. The zero-order valence-corrected chi connectivity index (χ0v) is 7.72. The standard InChI is InChI=1S/C7H4N6S/c1-5-2-11-13-4-10-12-7(13)14-6(5)9-3-8-1/h1-4H. The molecule has 2 aromatic heterocycles. The third-order valence-corrected chi connectivity index (χ3v) is 2.70. The zero-order valence-electron chi connectivity index (χ0n) is 6.90. The molecule has 0 atom stereocenters. The van der Waals surface area contributed by atoms with Gasteiger partial charge in [0.2, 0.25) is 5.16 Å². The zero-order chi connectivity index (χ0) is 9.38. The fourth-order valence-corrected chi connectivity index (χ4v) is 1.85. The van der Waals surface area contributed by atoms with Crippen LogP contribution in [0.15, 0.2) is 34.1 Å². The molecule has 0 saturated carbocycles. The van der Waals surface area contributed by atoms with Crippen LogP contribution in [0.5, 0.6) is 0 Å². The minimum Gasteiger partial charge on any atom is -0.244 e. The number of hydrogen-bond donors (Lipinski definition) is 0. The lowest BCUT2D eigenvalue weighted by molar-refractivity contribution is 0.769. The van der Waals surface area contributed by atoms with E-state index in [1.165, 1.54) is 18.1 Å². The highest BCUT2D eigenvalue weighted by molar-refractivity contribution is 7.99. The minimum absolute atomic E-state index is 0.707.